The third-order valence-electron chi connectivity index (χ3n) is 2.94. The third-order valence-corrected chi connectivity index (χ3v) is 4.12. The molecule has 2 aromatic heterocycles. The summed E-state index contributed by atoms with van der Waals surface area (Å²) in [5, 5.41) is 13.3. The van der Waals surface area contributed by atoms with Crippen molar-refractivity contribution in [3.63, 3.8) is 0 Å². The van der Waals surface area contributed by atoms with E-state index >= 15 is 0 Å². The number of anilines is 1. The fourth-order valence-electron chi connectivity index (χ4n) is 1.89. The highest BCUT2D eigenvalue weighted by Gasteiger charge is 2.18. The van der Waals surface area contributed by atoms with Gasteiger partial charge in [-0.2, -0.15) is 0 Å². The topological polar surface area (TPSA) is 75.1 Å². The first-order chi connectivity index (χ1) is 9.00. The second-order valence-electron chi connectivity index (χ2n) is 4.87. The normalized spacial score (nSPS) is 11.2. The van der Waals surface area contributed by atoms with Crippen molar-refractivity contribution in [1.29, 1.82) is 0 Å². The van der Waals surface area contributed by atoms with E-state index in [-0.39, 0.29) is 0 Å². The number of thiophene rings is 1. The second kappa shape index (κ2) is 5.52. The molecular weight excluding hydrogens is 262 g/mol. The highest BCUT2D eigenvalue weighted by Crippen LogP contribution is 2.33. The number of hydrogen-bond acceptors (Lipinski definition) is 5. The van der Waals surface area contributed by atoms with E-state index in [1.165, 1.54) is 17.7 Å². The van der Waals surface area contributed by atoms with Crippen molar-refractivity contribution in [2.45, 2.75) is 27.2 Å². The first-order valence-electron chi connectivity index (χ1n) is 6.22. The number of carbonyl (C=O) groups is 1. The van der Waals surface area contributed by atoms with Crippen LogP contribution in [0.2, 0.25) is 0 Å². The molecule has 0 saturated carbocycles. The Morgan fingerprint density at radius 3 is 2.84 bits per heavy atom. The molecule has 2 rings (SSSR count). The fraction of sp³-hybridized carbons (Fsp3) is 0.462. The van der Waals surface area contributed by atoms with Crippen LogP contribution < -0.4 is 5.32 Å². The van der Waals surface area contributed by atoms with E-state index in [0.29, 0.717) is 10.8 Å². The first-order valence-corrected chi connectivity index (χ1v) is 7.03. The second-order valence-corrected chi connectivity index (χ2v) is 5.87. The van der Waals surface area contributed by atoms with Gasteiger partial charge in [0, 0.05) is 6.54 Å². The molecule has 0 aliphatic carbocycles. The van der Waals surface area contributed by atoms with Crippen molar-refractivity contribution in [2.24, 2.45) is 5.92 Å². The van der Waals surface area contributed by atoms with Crippen LogP contribution in [0.5, 0.6) is 0 Å². The zero-order valence-corrected chi connectivity index (χ0v) is 12.0. The summed E-state index contributed by atoms with van der Waals surface area (Å²) in [5.41, 5.74) is 0.736. The molecule has 2 heterocycles. The molecule has 102 valence electrons. The lowest BCUT2D eigenvalue weighted by atomic mass is 10.1. The maximum atomic E-state index is 11.1. The molecule has 2 aromatic rings. The number of hydrogen-bond donors (Lipinski definition) is 2. The number of aromatic nitrogens is 2. The summed E-state index contributed by atoms with van der Waals surface area (Å²) in [5.74, 6) is 0.434. The molecule has 19 heavy (non-hydrogen) atoms. The molecule has 0 atom stereocenters. The standard InChI is InChI=1S/C13H17N3O2S/c1-7(2)4-5-14-11-9-8(3)10(13(17)18)19-12(9)16-6-15-11/h6-7H,4-5H2,1-3H3,(H,17,18)(H,14,15,16). The number of carboxylic acids is 1. The fourth-order valence-corrected chi connectivity index (χ4v) is 2.88. The van der Waals surface area contributed by atoms with Crippen LogP contribution in [-0.2, 0) is 0 Å². The molecule has 6 heteroatoms. The van der Waals surface area contributed by atoms with Crippen LogP contribution in [0.4, 0.5) is 5.82 Å². The van der Waals surface area contributed by atoms with Gasteiger partial charge in [-0.15, -0.1) is 11.3 Å². The molecule has 0 spiro atoms. The summed E-state index contributed by atoms with van der Waals surface area (Å²) in [4.78, 5) is 20.6. The molecule has 2 N–H and O–H groups in total. The van der Waals surface area contributed by atoms with Crippen molar-refractivity contribution < 1.29 is 9.90 Å². The summed E-state index contributed by atoms with van der Waals surface area (Å²) < 4.78 is 0. The van der Waals surface area contributed by atoms with E-state index in [1.54, 1.807) is 6.92 Å². The molecule has 0 bridgehead atoms. The minimum atomic E-state index is -0.909. The van der Waals surface area contributed by atoms with Gasteiger partial charge in [0.1, 0.15) is 21.9 Å². The molecule has 0 amide bonds. The first kappa shape index (κ1) is 13.7. The zero-order valence-electron chi connectivity index (χ0n) is 11.2. The predicted molar refractivity (Wildman–Crippen MR) is 77.1 cm³/mol. The average Bonchev–Trinajstić information content (AvgIpc) is 2.67. The number of nitrogens with zero attached hydrogens (tertiary/aromatic N) is 2. The van der Waals surface area contributed by atoms with E-state index in [9.17, 15) is 4.79 Å². The number of fused-ring (bicyclic) bond motifs is 1. The molecular formula is C13H17N3O2S. The molecule has 5 nitrogen and oxygen atoms in total. The minimum Gasteiger partial charge on any atom is -0.477 e. The smallest absolute Gasteiger partial charge is 0.346 e. The van der Waals surface area contributed by atoms with Gasteiger partial charge in [-0.05, 0) is 24.8 Å². The van der Waals surface area contributed by atoms with Crippen molar-refractivity contribution in [1.82, 2.24) is 9.97 Å². The van der Waals surface area contributed by atoms with Gasteiger partial charge in [0.25, 0.3) is 0 Å². The average molecular weight is 279 g/mol. The van der Waals surface area contributed by atoms with Crippen LogP contribution in [0.1, 0.15) is 35.5 Å². The quantitative estimate of drug-likeness (QED) is 0.879. The Kier molecular flexibility index (Phi) is 3.99. The van der Waals surface area contributed by atoms with Crippen molar-refractivity contribution in [3.05, 3.63) is 16.8 Å². The molecule has 0 radical (unpaired) electrons. The number of aryl methyl sites for hydroxylation is 1. The Bertz CT molecular complexity index is 607. The van der Waals surface area contributed by atoms with E-state index in [1.807, 2.05) is 0 Å². The van der Waals surface area contributed by atoms with Crippen molar-refractivity contribution in [2.75, 3.05) is 11.9 Å². The van der Waals surface area contributed by atoms with Crippen LogP contribution >= 0.6 is 11.3 Å². The van der Waals surface area contributed by atoms with Crippen LogP contribution in [0.3, 0.4) is 0 Å². The van der Waals surface area contributed by atoms with Crippen molar-refractivity contribution in [3.8, 4) is 0 Å². The monoisotopic (exact) mass is 279 g/mol. The van der Waals surface area contributed by atoms with Gasteiger partial charge >= 0.3 is 5.97 Å². The van der Waals surface area contributed by atoms with Gasteiger partial charge < -0.3 is 10.4 Å². The number of carboxylic acid groups (broad SMARTS) is 1. The maximum Gasteiger partial charge on any atom is 0.346 e. The van der Waals surface area contributed by atoms with Gasteiger partial charge in [-0.1, -0.05) is 13.8 Å². The summed E-state index contributed by atoms with van der Waals surface area (Å²) in [6.45, 7) is 6.95. The van der Waals surface area contributed by atoms with E-state index in [0.717, 1.165) is 34.6 Å². The molecule has 0 aromatic carbocycles. The third kappa shape index (κ3) is 2.84. The van der Waals surface area contributed by atoms with Gasteiger partial charge in [0.15, 0.2) is 0 Å². The minimum absolute atomic E-state index is 0.336. The molecule has 0 aliphatic heterocycles. The van der Waals surface area contributed by atoms with E-state index in [4.69, 9.17) is 5.11 Å². The SMILES string of the molecule is Cc1c(C(=O)O)sc2ncnc(NCCC(C)C)c12. The highest BCUT2D eigenvalue weighted by atomic mass is 32.1. The Hall–Kier alpha value is -1.69. The Labute approximate surface area is 115 Å². The maximum absolute atomic E-state index is 11.1. The molecule has 0 aliphatic rings. The Morgan fingerprint density at radius 1 is 1.47 bits per heavy atom. The lowest BCUT2D eigenvalue weighted by Crippen LogP contribution is -2.06. The summed E-state index contributed by atoms with van der Waals surface area (Å²) in [6.07, 6.45) is 2.52. The van der Waals surface area contributed by atoms with Gasteiger partial charge in [0.2, 0.25) is 0 Å². The lowest BCUT2D eigenvalue weighted by molar-refractivity contribution is 0.0701. The summed E-state index contributed by atoms with van der Waals surface area (Å²) in [6, 6.07) is 0. The Balaban J connectivity index is 2.36. The predicted octanol–water partition coefficient (Wildman–Crippen LogP) is 3.16. The van der Waals surface area contributed by atoms with Gasteiger partial charge in [-0.25, -0.2) is 14.8 Å². The van der Waals surface area contributed by atoms with Crippen LogP contribution in [0.25, 0.3) is 10.2 Å². The largest absolute Gasteiger partial charge is 0.477 e. The molecule has 0 fully saturated rings. The number of rotatable bonds is 5. The van der Waals surface area contributed by atoms with Crippen molar-refractivity contribution >= 4 is 33.3 Å². The van der Waals surface area contributed by atoms with E-state index < -0.39 is 5.97 Å². The van der Waals surface area contributed by atoms with Crippen LogP contribution in [-0.4, -0.2) is 27.6 Å². The zero-order chi connectivity index (χ0) is 14.0. The number of nitrogens with one attached hydrogen (secondary N) is 1. The molecule has 0 unspecified atom stereocenters. The Morgan fingerprint density at radius 2 is 2.21 bits per heavy atom. The summed E-state index contributed by atoms with van der Waals surface area (Å²) >= 11 is 1.20. The van der Waals surface area contributed by atoms with Gasteiger partial charge in [0.05, 0.1) is 5.39 Å². The van der Waals surface area contributed by atoms with E-state index in [2.05, 4.69) is 29.1 Å². The highest BCUT2D eigenvalue weighted by molar-refractivity contribution is 7.20. The molecule has 0 saturated heterocycles. The number of aromatic carboxylic acids is 1. The van der Waals surface area contributed by atoms with Gasteiger partial charge in [-0.3, -0.25) is 0 Å². The van der Waals surface area contributed by atoms with Crippen LogP contribution in [0.15, 0.2) is 6.33 Å². The van der Waals surface area contributed by atoms with Crippen LogP contribution in [0, 0.1) is 12.8 Å². The summed E-state index contributed by atoms with van der Waals surface area (Å²) in [7, 11) is 0. The lowest BCUT2D eigenvalue weighted by Gasteiger charge is -2.08.